The highest BCUT2D eigenvalue weighted by atomic mass is 16.5. The predicted octanol–water partition coefficient (Wildman–Crippen LogP) is 4.02. The molecule has 0 aliphatic carbocycles. The number of rotatable bonds is 5. The van der Waals surface area contributed by atoms with Crippen LogP contribution in [0.4, 0.5) is 0 Å². The zero-order chi connectivity index (χ0) is 27.0. The van der Waals surface area contributed by atoms with E-state index in [9.17, 15) is 9.59 Å². The second-order valence-electron chi connectivity index (χ2n) is 9.62. The van der Waals surface area contributed by atoms with Crippen LogP contribution in [0.5, 0.6) is 11.5 Å². The van der Waals surface area contributed by atoms with E-state index in [-0.39, 0.29) is 17.9 Å². The lowest BCUT2D eigenvalue weighted by molar-refractivity contribution is 0.0411. The molecule has 1 atom stereocenters. The van der Waals surface area contributed by atoms with Gasteiger partial charge in [0.05, 0.1) is 19.9 Å². The van der Waals surface area contributed by atoms with E-state index in [1.807, 2.05) is 68.1 Å². The molecule has 196 valence electrons. The Morgan fingerprint density at radius 1 is 0.921 bits per heavy atom. The number of benzene rings is 2. The minimum atomic E-state index is -0.181. The van der Waals surface area contributed by atoms with E-state index in [1.54, 1.807) is 35.9 Å². The highest BCUT2D eigenvalue weighted by Gasteiger charge is 2.32. The highest BCUT2D eigenvalue weighted by molar-refractivity contribution is 5.97. The van der Waals surface area contributed by atoms with Crippen LogP contribution >= 0.6 is 0 Å². The van der Waals surface area contributed by atoms with Crippen molar-refractivity contribution in [3.05, 3.63) is 77.1 Å². The van der Waals surface area contributed by atoms with Gasteiger partial charge in [0.25, 0.3) is 11.8 Å². The molecule has 2 amide bonds. The molecule has 2 aromatic heterocycles. The Morgan fingerprint density at radius 2 is 1.71 bits per heavy atom. The Morgan fingerprint density at radius 3 is 2.42 bits per heavy atom. The molecule has 4 aromatic rings. The van der Waals surface area contributed by atoms with Crippen molar-refractivity contribution >= 4 is 17.5 Å². The molecule has 0 radical (unpaired) electrons. The summed E-state index contributed by atoms with van der Waals surface area (Å²) < 4.78 is 12.5. The van der Waals surface area contributed by atoms with Crippen molar-refractivity contribution in [2.24, 2.45) is 0 Å². The first-order valence-electron chi connectivity index (χ1n) is 12.6. The maximum atomic E-state index is 13.5. The molecule has 38 heavy (non-hydrogen) atoms. The van der Waals surface area contributed by atoms with E-state index >= 15 is 0 Å². The molecule has 1 aliphatic heterocycles. The molecule has 0 bridgehead atoms. The van der Waals surface area contributed by atoms with E-state index in [2.05, 4.69) is 10.1 Å². The smallest absolute Gasteiger partial charge is 0.274 e. The van der Waals surface area contributed by atoms with Crippen molar-refractivity contribution in [2.45, 2.75) is 26.8 Å². The Kier molecular flexibility index (Phi) is 6.75. The van der Waals surface area contributed by atoms with Crippen molar-refractivity contribution in [1.29, 1.82) is 0 Å². The molecule has 0 saturated carbocycles. The molecular weight excluding hydrogens is 482 g/mol. The normalized spacial score (nSPS) is 15.6. The molecule has 0 unspecified atom stereocenters. The minimum Gasteiger partial charge on any atom is -0.493 e. The van der Waals surface area contributed by atoms with E-state index in [1.165, 1.54) is 0 Å². The maximum Gasteiger partial charge on any atom is 0.274 e. The maximum absolute atomic E-state index is 13.5. The van der Waals surface area contributed by atoms with Gasteiger partial charge in [0.15, 0.2) is 22.8 Å². The third-order valence-corrected chi connectivity index (χ3v) is 7.04. The largest absolute Gasteiger partial charge is 0.493 e. The fourth-order valence-electron chi connectivity index (χ4n) is 5.03. The molecule has 0 N–H and O–H groups in total. The van der Waals surface area contributed by atoms with Gasteiger partial charge in [0, 0.05) is 49.1 Å². The molecule has 0 spiro atoms. The standard InChI is InChI=1S/C29H31N5O4/c1-18-6-8-22(19(2)14-18)28(35)33-13-12-32(17-20(33)3)29(36)23-16-27-30-11-10-24(34(27)31-23)21-7-9-25(37-4)26(15-21)38-5/h6-11,14-16,20H,12-13,17H2,1-5H3/t20-/m0/s1. The van der Waals surface area contributed by atoms with Gasteiger partial charge < -0.3 is 19.3 Å². The number of ether oxygens (including phenoxy) is 2. The predicted molar refractivity (Wildman–Crippen MR) is 144 cm³/mol. The minimum absolute atomic E-state index is 0.00130. The van der Waals surface area contributed by atoms with Gasteiger partial charge in [0.2, 0.25) is 0 Å². The van der Waals surface area contributed by atoms with E-state index in [4.69, 9.17) is 9.47 Å². The molecule has 5 rings (SSSR count). The summed E-state index contributed by atoms with van der Waals surface area (Å²) in [4.78, 5) is 34.7. The first-order valence-corrected chi connectivity index (χ1v) is 12.6. The van der Waals surface area contributed by atoms with E-state index in [0.29, 0.717) is 48.0 Å². The summed E-state index contributed by atoms with van der Waals surface area (Å²) in [6, 6.07) is 14.9. The summed E-state index contributed by atoms with van der Waals surface area (Å²) in [6.45, 7) is 7.27. The number of aromatic nitrogens is 3. The molecule has 3 heterocycles. The van der Waals surface area contributed by atoms with Crippen LogP contribution in [-0.4, -0.2) is 76.1 Å². The highest BCUT2D eigenvalue weighted by Crippen LogP contribution is 2.32. The summed E-state index contributed by atoms with van der Waals surface area (Å²) in [5, 5.41) is 4.62. The van der Waals surface area contributed by atoms with Gasteiger partial charge >= 0.3 is 0 Å². The van der Waals surface area contributed by atoms with Crippen molar-refractivity contribution < 1.29 is 19.1 Å². The third-order valence-electron chi connectivity index (χ3n) is 7.04. The van der Waals surface area contributed by atoms with Gasteiger partial charge in [-0.25, -0.2) is 9.50 Å². The van der Waals surface area contributed by atoms with E-state index in [0.717, 1.165) is 22.4 Å². The summed E-state index contributed by atoms with van der Waals surface area (Å²) in [7, 11) is 3.18. The van der Waals surface area contributed by atoms with E-state index < -0.39 is 0 Å². The lowest BCUT2D eigenvalue weighted by atomic mass is 10.0. The van der Waals surface area contributed by atoms with Crippen LogP contribution in [0.3, 0.4) is 0 Å². The molecule has 1 aliphatic rings. The first-order chi connectivity index (χ1) is 18.3. The van der Waals surface area contributed by atoms with Crippen LogP contribution in [0, 0.1) is 13.8 Å². The zero-order valence-corrected chi connectivity index (χ0v) is 22.3. The number of nitrogens with zero attached hydrogens (tertiary/aromatic N) is 5. The Hall–Kier alpha value is -4.40. The Bertz CT molecular complexity index is 1530. The van der Waals surface area contributed by atoms with Gasteiger partial charge in [0.1, 0.15) is 0 Å². The number of methoxy groups -OCH3 is 2. The van der Waals surface area contributed by atoms with Gasteiger partial charge in [-0.1, -0.05) is 17.7 Å². The molecule has 9 nitrogen and oxygen atoms in total. The molecule has 2 aromatic carbocycles. The van der Waals surface area contributed by atoms with Crippen molar-refractivity contribution in [1.82, 2.24) is 24.4 Å². The van der Waals surface area contributed by atoms with Crippen LogP contribution in [0.25, 0.3) is 16.9 Å². The quantitative estimate of drug-likeness (QED) is 0.401. The average Bonchev–Trinajstić information content (AvgIpc) is 3.36. The number of fused-ring (bicyclic) bond motifs is 1. The van der Waals surface area contributed by atoms with Gasteiger partial charge in [-0.05, 0) is 56.7 Å². The fourth-order valence-corrected chi connectivity index (χ4v) is 5.03. The van der Waals surface area contributed by atoms with Crippen molar-refractivity contribution in [2.75, 3.05) is 33.9 Å². The monoisotopic (exact) mass is 513 g/mol. The third kappa shape index (κ3) is 4.55. The summed E-state index contributed by atoms with van der Waals surface area (Å²) >= 11 is 0. The van der Waals surface area contributed by atoms with Gasteiger partial charge in [-0.15, -0.1) is 0 Å². The molecule has 1 fully saturated rings. The topological polar surface area (TPSA) is 89.3 Å². The van der Waals surface area contributed by atoms with Crippen LogP contribution in [0.1, 0.15) is 38.9 Å². The number of amides is 2. The SMILES string of the molecule is COc1ccc(-c2ccnc3cc(C(=O)N4CCN(C(=O)c5ccc(C)cc5C)[C@@H](C)C4)nn23)cc1OC. The summed E-state index contributed by atoms with van der Waals surface area (Å²) in [5.41, 5.74) is 5.29. The second-order valence-corrected chi connectivity index (χ2v) is 9.62. The van der Waals surface area contributed by atoms with Crippen LogP contribution in [0.15, 0.2) is 54.7 Å². The van der Waals surface area contributed by atoms with Crippen molar-refractivity contribution in [3.8, 4) is 22.8 Å². The molecule has 9 heteroatoms. The van der Waals surface area contributed by atoms with Crippen LogP contribution < -0.4 is 9.47 Å². The summed E-state index contributed by atoms with van der Waals surface area (Å²) in [6.07, 6.45) is 1.69. The number of hydrogen-bond donors (Lipinski definition) is 0. The Balaban J connectivity index is 1.36. The number of carbonyl (C=O) groups excluding carboxylic acids is 2. The summed E-state index contributed by atoms with van der Waals surface area (Å²) in [5.74, 6) is 1.04. The van der Waals surface area contributed by atoms with Crippen molar-refractivity contribution in [3.63, 3.8) is 0 Å². The Labute approximate surface area is 221 Å². The van der Waals surface area contributed by atoms with Crippen LogP contribution in [0.2, 0.25) is 0 Å². The number of aryl methyl sites for hydroxylation is 2. The van der Waals surface area contributed by atoms with Gasteiger partial charge in [-0.3, -0.25) is 9.59 Å². The number of piperazine rings is 1. The second kappa shape index (κ2) is 10.2. The fraction of sp³-hybridized carbons (Fsp3) is 0.310. The molecular formula is C29H31N5O4. The molecule has 1 saturated heterocycles. The first kappa shape index (κ1) is 25.3. The lowest BCUT2D eigenvalue weighted by Crippen LogP contribution is -2.55. The lowest BCUT2D eigenvalue weighted by Gasteiger charge is -2.39. The zero-order valence-electron chi connectivity index (χ0n) is 22.3. The average molecular weight is 514 g/mol. The number of hydrogen-bond acceptors (Lipinski definition) is 6. The van der Waals surface area contributed by atoms with Crippen LogP contribution in [-0.2, 0) is 0 Å². The number of carbonyl (C=O) groups is 2. The van der Waals surface area contributed by atoms with Gasteiger partial charge in [-0.2, -0.15) is 5.10 Å².